The fraction of sp³-hybridized carbons (Fsp3) is 0. The van der Waals surface area contributed by atoms with E-state index in [9.17, 15) is 4.79 Å². The van der Waals surface area contributed by atoms with Gasteiger partial charge in [-0.15, -0.1) is 0 Å². The van der Waals surface area contributed by atoms with Crippen LogP contribution in [0.3, 0.4) is 0 Å². The lowest BCUT2D eigenvalue weighted by molar-refractivity contribution is 0.0955. The number of nitrogens with zero attached hydrogens (tertiary/aromatic N) is 1. The van der Waals surface area contributed by atoms with E-state index in [4.69, 9.17) is 11.6 Å². The zero-order valence-corrected chi connectivity index (χ0v) is 12.1. The van der Waals surface area contributed by atoms with Crippen LogP contribution in [0, 0.1) is 0 Å². The molecule has 0 radical (unpaired) electrons. The molecule has 0 aliphatic heterocycles. The number of hydrazone groups is 1. The second-order valence-electron chi connectivity index (χ2n) is 3.73. The quantitative estimate of drug-likeness (QED) is 0.670. The molecule has 1 amide bonds. The van der Waals surface area contributed by atoms with Crippen molar-refractivity contribution in [2.24, 2.45) is 5.10 Å². The average Bonchev–Trinajstić information content (AvgIpc) is 2.39. The second kappa shape index (κ2) is 6.50. The van der Waals surface area contributed by atoms with Gasteiger partial charge in [0, 0.05) is 4.47 Å². The molecule has 96 valence electrons. The maximum atomic E-state index is 11.8. The fourth-order valence-corrected chi connectivity index (χ4v) is 2.10. The number of halogens is 2. The lowest BCUT2D eigenvalue weighted by Gasteiger charge is -2.01. The lowest BCUT2D eigenvalue weighted by atomic mass is 10.2. The molecule has 0 spiro atoms. The Kier molecular flexibility index (Phi) is 4.71. The van der Waals surface area contributed by atoms with Gasteiger partial charge in [0.1, 0.15) is 0 Å². The summed E-state index contributed by atoms with van der Waals surface area (Å²) < 4.78 is 0.953. The minimum absolute atomic E-state index is 0.336. The van der Waals surface area contributed by atoms with Gasteiger partial charge < -0.3 is 0 Å². The van der Waals surface area contributed by atoms with Gasteiger partial charge in [-0.3, -0.25) is 4.79 Å². The number of carbonyl (C=O) groups excluding carboxylic acids is 1. The molecule has 0 atom stereocenters. The molecule has 3 nitrogen and oxygen atoms in total. The highest BCUT2D eigenvalue weighted by Gasteiger charge is 2.07. The van der Waals surface area contributed by atoms with E-state index in [0.29, 0.717) is 10.6 Å². The van der Waals surface area contributed by atoms with Crippen LogP contribution in [-0.2, 0) is 0 Å². The third-order valence-electron chi connectivity index (χ3n) is 2.35. The van der Waals surface area contributed by atoms with Crippen molar-refractivity contribution in [1.82, 2.24) is 5.43 Å². The van der Waals surface area contributed by atoms with Gasteiger partial charge in [0.05, 0.1) is 16.8 Å². The van der Waals surface area contributed by atoms with Crippen LogP contribution in [-0.4, -0.2) is 12.1 Å². The van der Waals surface area contributed by atoms with Gasteiger partial charge in [0.15, 0.2) is 0 Å². The molecule has 1 N–H and O–H groups in total. The third-order valence-corrected chi connectivity index (χ3v) is 3.17. The van der Waals surface area contributed by atoms with Crippen LogP contribution in [0.15, 0.2) is 58.1 Å². The topological polar surface area (TPSA) is 41.5 Å². The maximum absolute atomic E-state index is 11.8. The fourth-order valence-electron chi connectivity index (χ4n) is 1.46. The molecule has 0 aromatic heterocycles. The van der Waals surface area contributed by atoms with Gasteiger partial charge in [-0.25, -0.2) is 5.43 Å². The molecule has 2 aromatic rings. The van der Waals surface area contributed by atoms with E-state index >= 15 is 0 Å². The summed E-state index contributed by atoms with van der Waals surface area (Å²) in [6.07, 6.45) is 1.57. The summed E-state index contributed by atoms with van der Waals surface area (Å²) in [7, 11) is 0. The van der Waals surface area contributed by atoms with Crippen LogP contribution in [0.2, 0.25) is 5.02 Å². The monoisotopic (exact) mass is 336 g/mol. The number of hydrogen-bond acceptors (Lipinski definition) is 2. The Morgan fingerprint density at radius 1 is 1.21 bits per heavy atom. The van der Waals surface area contributed by atoms with E-state index in [-0.39, 0.29) is 5.91 Å². The summed E-state index contributed by atoms with van der Waals surface area (Å²) in [5.74, 6) is -0.336. The first kappa shape index (κ1) is 13.8. The summed E-state index contributed by atoms with van der Waals surface area (Å²) in [5.41, 5.74) is 3.72. The molecule has 0 aliphatic rings. The van der Waals surface area contributed by atoms with Crippen molar-refractivity contribution < 1.29 is 4.79 Å². The van der Waals surface area contributed by atoms with Crippen molar-refractivity contribution in [1.29, 1.82) is 0 Å². The molecule has 0 bridgehead atoms. The number of amides is 1. The SMILES string of the molecule is O=C(NN=Cc1cccc(Br)c1)c1ccccc1Cl. The van der Waals surface area contributed by atoms with Crippen molar-refractivity contribution >= 4 is 39.7 Å². The van der Waals surface area contributed by atoms with Crippen LogP contribution in [0.5, 0.6) is 0 Å². The minimum Gasteiger partial charge on any atom is -0.267 e. The lowest BCUT2D eigenvalue weighted by Crippen LogP contribution is -2.17. The van der Waals surface area contributed by atoms with Crippen LogP contribution < -0.4 is 5.43 Å². The van der Waals surface area contributed by atoms with Gasteiger partial charge in [-0.05, 0) is 29.8 Å². The highest BCUT2D eigenvalue weighted by molar-refractivity contribution is 9.10. The molecule has 2 rings (SSSR count). The van der Waals surface area contributed by atoms with E-state index in [1.54, 1.807) is 30.5 Å². The van der Waals surface area contributed by atoms with Crippen molar-refractivity contribution in [2.75, 3.05) is 0 Å². The van der Waals surface area contributed by atoms with E-state index < -0.39 is 0 Å². The van der Waals surface area contributed by atoms with Crippen LogP contribution >= 0.6 is 27.5 Å². The molecule has 0 aliphatic carbocycles. The van der Waals surface area contributed by atoms with E-state index in [1.807, 2.05) is 24.3 Å². The van der Waals surface area contributed by atoms with E-state index in [0.717, 1.165) is 10.0 Å². The van der Waals surface area contributed by atoms with Crippen molar-refractivity contribution in [3.63, 3.8) is 0 Å². The predicted octanol–water partition coefficient (Wildman–Crippen LogP) is 3.87. The predicted molar refractivity (Wildman–Crippen MR) is 80.7 cm³/mol. The second-order valence-corrected chi connectivity index (χ2v) is 5.06. The molecular formula is C14H10BrClN2O. The van der Waals surface area contributed by atoms with Crippen molar-refractivity contribution in [3.05, 3.63) is 69.2 Å². The normalized spacial score (nSPS) is 10.6. The highest BCUT2D eigenvalue weighted by atomic mass is 79.9. The van der Waals surface area contributed by atoms with E-state index in [2.05, 4.69) is 26.5 Å². The molecule has 0 saturated carbocycles. The average molecular weight is 338 g/mol. The largest absolute Gasteiger partial charge is 0.272 e. The Bertz CT molecular complexity index is 628. The van der Waals surface area contributed by atoms with Crippen LogP contribution in [0.25, 0.3) is 0 Å². The smallest absolute Gasteiger partial charge is 0.267 e. The molecule has 5 heteroatoms. The van der Waals surface area contributed by atoms with Gasteiger partial charge in [0.25, 0.3) is 5.91 Å². The number of carbonyl (C=O) groups is 1. The summed E-state index contributed by atoms with van der Waals surface area (Å²) in [5, 5.41) is 4.30. The maximum Gasteiger partial charge on any atom is 0.272 e. The molecular weight excluding hydrogens is 328 g/mol. The Morgan fingerprint density at radius 2 is 2.00 bits per heavy atom. The summed E-state index contributed by atoms with van der Waals surface area (Å²) >= 11 is 9.28. The van der Waals surface area contributed by atoms with Gasteiger partial charge in [0.2, 0.25) is 0 Å². The number of hydrogen-bond donors (Lipinski definition) is 1. The third kappa shape index (κ3) is 3.91. The first-order valence-corrected chi connectivity index (χ1v) is 6.67. The summed E-state index contributed by atoms with van der Waals surface area (Å²) in [6.45, 7) is 0. The number of rotatable bonds is 3. The number of benzene rings is 2. The van der Waals surface area contributed by atoms with Crippen LogP contribution in [0.1, 0.15) is 15.9 Å². The summed E-state index contributed by atoms with van der Waals surface area (Å²) in [6, 6.07) is 14.4. The molecule has 2 aromatic carbocycles. The molecule has 0 heterocycles. The molecule has 0 saturated heterocycles. The van der Waals surface area contributed by atoms with Crippen LogP contribution in [0.4, 0.5) is 0 Å². The number of nitrogens with one attached hydrogen (secondary N) is 1. The molecule has 0 fully saturated rings. The van der Waals surface area contributed by atoms with Crippen molar-refractivity contribution in [2.45, 2.75) is 0 Å². The molecule has 19 heavy (non-hydrogen) atoms. The highest BCUT2D eigenvalue weighted by Crippen LogP contribution is 2.14. The molecule has 0 unspecified atom stereocenters. The first-order chi connectivity index (χ1) is 9.16. The summed E-state index contributed by atoms with van der Waals surface area (Å²) in [4.78, 5) is 11.8. The first-order valence-electron chi connectivity index (χ1n) is 5.50. The van der Waals surface area contributed by atoms with E-state index in [1.165, 1.54) is 0 Å². The zero-order valence-electron chi connectivity index (χ0n) is 9.81. The Balaban J connectivity index is 2.03. The van der Waals surface area contributed by atoms with Crippen molar-refractivity contribution in [3.8, 4) is 0 Å². The van der Waals surface area contributed by atoms with Gasteiger partial charge in [-0.1, -0.05) is 51.8 Å². The van der Waals surface area contributed by atoms with Gasteiger partial charge >= 0.3 is 0 Å². The Labute approximate surface area is 124 Å². The minimum atomic E-state index is -0.336. The zero-order chi connectivity index (χ0) is 13.7. The Hall–Kier alpha value is -1.65. The standard InChI is InChI=1S/C14H10BrClN2O/c15-11-5-3-4-10(8-11)9-17-18-14(19)12-6-1-2-7-13(12)16/h1-9H,(H,18,19). The Morgan fingerprint density at radius 3 is 2.74 bits per heavy atom. The van der Waals surface area contributed by atoms with Gasteiger partial charge in [-0.2, -0.15) is 5.10 Å².